The van der Waals surface area contributed by atoms with Crippen LogP contribution in [-0.4, -0.2) is 24.6 Å². The second-order valence-electron chi connectivity index (χ2n) is 5.32. The molecular weight excluding hydrogens is 412 g/mol. The van der Waals surface area contributed by atoms with Gasteiger partial charge in [-0.05, 0) is 72.2 Å². The highest BCUT2D eigenvalue weighted by atomic mass is 79.9. The molecule has 0 fully saturated rings. The van der Waals surface area contributed by atoms with Crippen LogP contribution in [0.25, 0.3) is 0 Å². The van der Waals surface area contributed by atoms with Crippen LogP contribution in [0.2, 0.25) is 5.02 Å². The van der Waals surface area contributed by atoms with Crippen molar-refractivity contribution in [3.05, 3.63) is 57.5 Å². The van der Waals surface area contributed by atoms with Crippen LogP contribution in [0.15, 0.2) is 46.9 Å². The van der Waals surface area contributed by atoms with E-state index in [0.29, 0.717) is 26.6 Å². The zero-order valence-electron chi connectivity index (χ0n) is 13.6. The van der Waals surface area contributed by atoms with E-state index in [2.05, 4.69) is 15.9 Å². The standard InChI is InChI=1S/C18H16BrClO5/c1-11(2)24-18(22)12-3-6-14(7-4-12)25-17(21)10-23-16-8-5-13(20)9-15(16)19/h3-9,11H,10H2,1-2H3. The molecule has 0 amide bonds. The third-order valence-corrected chi connectivity index (χ3v) is 3.76. The third kappa shape index (κ3) is 6.07. The number of benzene rings is 2. The lowest BCUT2D eigenvalue weighted by Gasteiger charge is -2.10. The highest BCUT2D eigenvalue weighted by Gasteiger charge is 2.11. The predicted octanol–water partition coefficient (Wildman–Crippen LogP) is 4.65. The van der Waals surface area contributed by atoms with E-state index in [0.717, 1.165) is 0 Å². The van der Waals surface area contributed by atoms with Gasteiger partial charge < -0.3 is 14.2 Å². The monoisotopic (exact) mass is 426 g/mol. The molecule has 2 rings (SSSR count). The molecule has 0 aliphatic carbocycles. The maximum Gasteiger partial charge on any atom is 0.349 e. The topological polar surface area (TPSA) is 61.8 Å². The van der Waals surface area contributed by atoms with Gasteiger partial charge in [0.2, 0.25) is 0 Å². The van der Waals surface area contributed by atoms with Crippen LogP contribution in [-0.2, 0) is 9.53 Å². The summed E-state index contributed by atoms with van der Waals surface area (Å²) < 4.78 is 16.3. The van der Waals surface area contributed by atoms with E-state index < -0.39 is 11.9 Å². The van der Waals surface area contributed by atoms with Gasteiger partial charge in [0.05, 0.1) is 16.1 Å². The summed E-state index contributed by atoms with van der Waals surface area (Å²) in [7, 11) is 0. The normalized spacial score (nSPS) is 10.4. The average molecular weight is 428 g/mol. The Morgan fingerprint density at radius 2 is 1.80 bits per heavy atom. The minimum atomic E-state index is -0.570. The minimum absolute atomic E-state index is 0.200. The first-order valence-corrected chi connectivity index (χ1v) is 8.62. The molecule has 0 atom stereocenters. The number of esters is 2. The molecule has 0 bridgehead atoms. The average Bonchev–Trinajstić information content (AvgIpc) is 2.54. The zero-order valence-corrected chi connectivity index (χ0v) is 16.0. The maximum atomic E-state index is 11.8. The molecule has 0 aromatic heterocycles. The lowest BCUT2D eigenvalue weighted by molar-refractivity contribution is -0.136. The molecule has 0 unspecified atom stereocenters. The molecule has 7 heteroatoms. The van der Waals surface area contributed by atoms with Crippen molar-refractivity contribution in [2.75, 3.05) is 6.61 Å². The number of halogens is 2. The highest BCUT2D eigenvalue weighted by Crippen LogP contribution is 2.28. The van der Waals surface area contributed by atoms with Crippen LogP contribution < -0.4 is 9.47 Å². The van der Waals surface area contributed by atoms with Crippen molar-refractivity contribution in [2.24, 2.45) is 0 Å². The number of rotatable bonds is 6. The van der Waals surface area contributed by atoms with Crippen molar-refractivity contribution in [3.8, 4) is 11.5 Å². The molecule has 5 nitrogen and oxygen atoms in total. The van der Waals surface area contributed by atoms with Crippen LogP contribution >= 0.6 is 27.5 Å². The Bertz CT molecular complexity index is 759. The number of hydrogen-bond donors (Lipinski definition) is 0. The molecular formula is C18H16BrClO5. The molecule has 0 saturated carbocycles. The van der Waals surface area contributed by atoms with Crippen LogP contribution in [0.1, 0.15) is 24.2 Å². The van der Waals surface area contributed by atoms with Gasteiger partial charge in [-0.3, -0.25) is 0 Å². The van der Waals surface area contributed by atoms with Crippen LogP contribution in [0.5, 0.6) is 11.5 Å². The van der Waals surface area contributed by atoms with E-state index in [4.69, 9.17) is 25.8 Å². The van der Waals surface area contributed by atoms with Crippen molar-refractivity contribution >= 4 is 39.5 Å². The van der Waals surface area contributed by atoms with Crippen molar-refractivity contribution in [1.29, 1.82) is 0 Å². The molecule has 0 saturated heterocycles. The molecule has 0 aliphatic rings. The number of carbonyl (C=O) groups excluding carboxylic acids is 2. The summed E-state index contributed by atoms with van der Waals surface area (Å²) in [5, 5.41) is 0.554. The molecule has 25 heavy (non-hydrogen) atoms. The Hall–Kier alpha value is -2.05. The first-order valence-electron chi connectivity index (χ1n) is 7.44. The Labute approximate surface area is 159 Å². The van der Waals surface area contributed by atoms with E-state index in [9.17, 15) is 9.59 Å². The fraction of sp³-hybridized carbons (Fsp3) is 0.222. The van der Waals surface area contributed by atoms with Gasteiger partial charge in [-0.2, -0.15) is 0 Å². The summed E-state index contributed by atoms with van der Waals surface area (Å²) in [5.41, 5.74) is 0.384. The molecule has 0 spiro atoms. The second-order valence-corrected chi connectivity index (χ2v) is 6.61. The maximum absolute atomic E-state index is 11.8. The van der Waals surface area contributed by atoms with E-state index in [-0.39, 0.29) is 12.7 Å². The van der Waals surface area contributed by atoms with Gasteiger partial charge in [0, 0.05) is 5.02 Å². The quantitative estimate of drug-likeness (QED) is 0.496. The molecule has 0 N–H and O–H groups in total. The largest absolute Gasteiger partial charge is 0.481 e. The van der Waals surface area contributed by atoms with E-state index in [1.54, 1.807) is 32.0 Å². The third-order valence-electron chi connectivity index (χ3n) is 2.90. The Morgan fingerprint density at radius 3 is 2.40 bits per heavy atom. The fourth-order valence-electron chi connectivity index (χ4n) is 1.83. The van der Waals surface area contributed by atoms with E-state index in [1.165, 1.54) is 24.3 Å². The summed E-state index contributed by atoms with van der Waals surface area (Å²) >= 11 is 9.14. The number of carbonyl (C=O) groups is 2. The van der Waals surface area contributed by atoms with Gasteiger partial charge in [0.25, 0.3) is 0 Å². The summed E-state index contributed by atoms with van der Waals surface area (Å²) in [6.45, 7) is 3.28. The van der Waals surface area contributed by atoms with Crippen LogP contribution in [0, 0.1) is 0 Å². The van der Waals surface area contributed by atoms with Crippen LogP contribution in [0.3, 0.4) is 0 Å². The second kappa shape index (κ2) is 8.87. The minimum Gasteiger partial charge on any atom is -0.481 e. The lowest BCUT2D eigenvalue weighted by atomic mass is 10.2. The SMILES string of the molecule is CC(C)OC(=O)c1ccc(OC(=O)COc2ccc(Cl)cc2Br)cc1. The molecule has 0 heterocycles. The molecule has 0 aliphatic heterocycles. The highest BCUT2D eigenvalue weighted by molar-refractivity contribution is 9.10. The summed E-state index contributed by atoms with van der Waals surface area (Å²) in [5.74, 6) is -0.207. The van der Waals surface area contributed by atoms with Crippen molar-refractivity contribution < 1.29 is 23.8 Å². The van der Waals surface area contributed by atoms with Gasteiger partial charge in [-0.25, -0.2) is 9.59 Å². The van der Waals surface area contributed by atoms with Gasteiger partial charge in [-0.1, -0.05) is 11.6 Å². The van der Waals surface area contributed by atoms with Crippen molar-refractivity contribution in [2.45, 2.75) is 20.0 Å². The van der Waals surface area contributed by atoms with Gasteiger partial charge >= 0.3 is 11.9 Å². The molecule has 0 radical (unpaired) electrons. The first-order chi connectivity index (χ1) is 11.8. The zero-order chi connectivity index (χ0) is 18.4. The summed E-state index contributed by atoms with van der Waals surface area (Å²) in [4.78, 5) is 23.6. The Morgan fingerprint density at radius 1 is 1.12 bits per heavy atom. The van der Waals surface area contributed by atoms with Crippen LogP contribution in [0.4, 0.5) is 0 Å². The Balaban J connectivity index is 1.89. The van der Waals surface area contributed by atoms with E-state index in [1.807, 2.05) is 0 Å². The van der Waals surface area contributed by atoms with Gasteiger partial charge in [0.1, 0.15) is 11.5 Å². The van der Waals surface area contributed by atoms with Crippen molar-refractivity contribution in [3.63, 3.8) is 0 Å². The van der Waals surface area contributed by atoms with E-state index >= 15 is 0 Å². The fourth-order valence-corrected chi connectivity index (χ4v) is 2.63. The van der Waals surface area contributed by atoms with Crippen molar-refractivity contribution in [1.82, 2.24) is 0 Å². The molecule has 2 aromatic rings. The Kier molecular flexibility index (Phi) is 6.84. The number of hydrogen-bond acceptors (Lipinski definition) is 5. The lowest BCUT2D eigenvalue weighted by Crippen LogP contribution is -2.18. The summed E-state index contributed by atoms with van der Waals surface area (Å²) in [6.07, 6.45) is -0.200. The van der Waals surface area contributed by atoms with Gasteiger partial charge in [0.15, 0.2) is 6.61 Å². The smallest absolute Gasteiger partial charge is 0.349 e. The first kappa shape index (κ1) is 19.3. The predicted molar refractivity (Wildman–Crippen MR) is 97.3 cm³/mol. The van der Waals surface area contributed by atoms with Gasteiger partial charge in [-0.15, -0.1) is 0 Å². The molecule has 132 valence electrons. The summed E-state index contributed by atoms with van der Waals surface area (Å²) in [6, 6.07) is 11.1. The molecule has 2 aromatic carbocycles. The number of ether oxygens (including phenoxy) is 3.